The van der Waals surface area contributed by atoms with E-state index >= 15 is 0 Å². The number of carbonyl (C=O) groups is 2. The van der Waals surface area contributed by atoms with Crippen LogP contribution in [-0.2, 0) is 16.0 Å². The molecule has 0 saturated heterocycles. The third kappa shape index (κ3) is 3.48. The number of benzene rings is 1. The van der Waals surface area contributed by atoms with Crippen LogP contribution in [0.2, 0.25) is 0 Å². The zero-order chi connectivity index (χ0) is 14.4. The van der Waals surface area contributed by atoms with Gasteiger partial charge in [-0.05, 0) is 18.6 Å². The molecule has 0 fully saturated rings. The Morgan fingerprint density at radius 2 is 2.30 bits per heavy atom. The average molecular weight is 278 g/mol. The molecule has 1 heterocycles. The van der Waals surface area contributed by atoms with Crippen molar-refractivity contribution in [3.05, 3.63) is 29.3 Å². The van der Waals surface area contributed by atoms with Crippen molar-refractivity contribution in [3.8, 4) is 5.75 Å². The second kappa shape index (κ2) is 6.91. The van der Waals surface area contributed by atoms with E-state index in [9.17, 15) is 9.59 Å². The van der Waals surface area contributed by atoms with Crippen molar-refractivity contribution in [3.63, 3.8) is 0 Å². The molecule has 0 aromatic heterocycles. The number of hydrogen-bond donors (Lipinski definition) is 2. The molecule has 0 radical (unpaired) electrons. The van der Waals surface area contributed by atoms with Crippen LogP contribution in [0.4, 0.5) is 0 Å². The van der Waals surface area contributed by atoms with E-state index in [-0.39, 0.29) is 18.4 Å². The molecule has 0 atom stereocenters. The molecule has 20 heavy (non-hydrogen) atoms. The van der Waals surface area contributed by atoms with Gasteiger partial charge in [-0.15, -0.1) is 0 Å². The first-order valence-electron chi connectivity index (χ1n) is 6.51. The lowest BCUT2D eigenvalue weighted by molar-refractivity contribution is -0.123. The minimum absolute atomic E-state index is 0.0677. The molecular weight excluding hydrogens is 260 g/mol. The highest BCUT2D eigenvalue weighted by Gasteiger charge is 2.20. The Kier molecular flexibility index (Phi) is 4.95. The summed E-state index contributed by atoms with van der Waals surface area (Å²) in [5.74, 6) is 0.292. The highest BCUT2D eigenvalue weighted by Crippen LogP contribution is 2.25. The van der Waals surface area contributed by atoms with Crippen LogP contribution in [0, 0.1) is 0 Å². The second-order valence-corrected chi connectivity index (χ2v) is 4.42. The number of ether oxygens (including phenoxy) is 2. The topological polar surface area (TPSA) is 76.7 Å². The fourth-order valence-corrected chi connectivity index (χ4v) is 2.05. The Morgan fingerprint density at radius 3 is 3.10 bits per heavy atom. The molecule has 1 aliphatic heterocycles. The summed E-state index contributed by atoms with van der Waals surface area (Å²) in [4.78, 5) is 23.2. The summed E-state index contributed by atoms with van der Waals surface area (Å²) >= 11 is 0. The van der Waals surface area contributed by atoms with Gasteiger partial charge < -0.3 is 20.1 Å². The summed E-state index contributed by atoms with van der Waals surface area (Å²) in [5.41, 5.74) is 1.48. The molecule has 1 aliphatic rings. The van der Waals surface area contributed by atoms with Gasteiger partial charge in [0.1, 0.15) is 5.75 Å². The maximum Gasteiger partial charge on any atom is 0.258 e. The largest absolute Gasteiger partial charge is 0.483 e. The van der Waals surface area contributed by atoms with E-state index in [0.717, 1.165) is 5.56 Å². The molecule has 0 bridgehead atoms. The molecule has 0 spiro atoms. The number of methoxy groups -OCH3 is 1. The molecular formula is C14H18N2O4. The van der Waals surface area contributed by atoms with Gasteiger partial charge in [0, 0.05) is 31.3 Å². The van der Waals surface area contributed by atoms with E-state index < -0.39 is 0 Å². The van der Waals surface area contributed by atoms with Crippen LogP contribution in [0.15, 0.2) is 18.2 Å². The zero-order valence-corrected chi connectivity index (χ0v) is 11.4. The first kappa shape index (κ1) is 14.3. The lowest BCUT2D eigenvalue weighted by Crippen LogP contribution is -2.33. The predicted molar refractivity (Wildman–Crippen MR) is 72.9 cm³/mol. The summed E-state index contributed by atoms with van der Waals surface area (Å²) < 4.78 is 10.4. The quantitative estimate of drug-likeness (QED) is 0.724. The Balaban J connectivity index is 1.95. The number of rotatable bonds is 6. The first-order valence-corrected chi connectivity index (χ1v) is 6.51. The highest BCUT2D eigenvalue weighted by molar-refractivity contribution is 5.97. The fourth-order valence-electron chi connectivity index (χ4n) is 2.05. The predicted octanol–water partition coefficient (Wildman–Crippen LogP) is 0.114. The van der Waals surface area contributed by atoms with Gasteiger partial charge in [0.05, 0.1) is 6.61 Å². The summed E-state index contributed by atoms with van der Waals surface area (Å²) in [6, 6.07) is 5.29. The SMILES string of the molecule is COCCNC(=O)COc1cccc2c1CCNC2=O. The van der Waals surface area contributed by atoms with E-state index in [2.05, 4.69) is 10.6 Å². The van der Waals surface area contributed by atoms with Crippen molar-refractivity contribution in [2.45, 2.75) is 6.42 Å². The van der Waals surface area contributed by atoms with Gasteiger partial charge in [-0.3, -0.25) is 9.59 Å². The lowest BCUT2D eigenvalue weighted by Gasteiger charge is -2.19. The van der Waals surface area contributed by atoms with E-state index in [1.807, 2.05) is 0 Å². The number of carbonyl (C=O) groups excluding carboxylic acids is 2. The normalized spacial score (nSPS) is 13.3. The van der Waals surface area contributed by atoms with Crippen molar-refractivity contribution in [2.75, 3.05) is 33.4 Å². The molecule has 0 saturated carbocycles. The monoisotopic (exact) mass is 278 g/mol. The van der Waals surface area contributed by atoms with Crippen LogP contribution < -0.4 is 15.4 Å². The lowest BCUT2D eigenvalue weighted by atomic mass is 9.99. The molecule has 108 valence electrons. The van der Waals surface area contributed by atoms with Crippen LogP contribution >= 0.6 is 0 Å². The zero-order valence-electron chi connectivity index (χ0n) is 11.4. The molecule has 1 aromatic carbocycles. The van der Waals surface area contributed by atoms with Crippen molar-refractivity contribution in [1.82, 2.24) is 10.6 Å². The Morgan fingerprint density at radius 1 is 1.45 bits per heavy atom. The average Bonchev–Trinajstić information content (AvgIpc) is 2.46. The summed E-state index contributed by atoms with van der Waals surface area (Å²) in [7, 11) is 1.57. The number of hydrogen-bond acceptors (Lipinski definition) is 4. The van der Waals surface area contributed by atoms with Gasteiger partial charge in [0.15, 0.2) is 6.61 Å². The van der Waals surface area contributed by atoms with Crippen LogP contribution in [0.25, 0.3) is 0 Å². The Bertz CT molecular complexity index is 502. The fraction of sp³-hybridized carbons (Fsp3) is 0.429. The Labute approximate surface area is 117 Å². The van der Waals surface area contributed by atoms with Crippen LogP contribution in [0.1, 0.15) is 15.9 Å². The molecule has 6 heteroatoms. The van der Waals surface area contributed by atoms with Crippen LogP contribution in [0.5, 0.6) is 5.75 Å². The maximum atomic E-state index is 11.7. The maximum absolute atomic E-state index is 11.7. The van der Waals surface area contributed by atoms with Crippen molar-refractivity contribution in [2.24, 2.45) is 0 Å². The third-order valence-electron chi connectivity index (χ3n) is 3.03. The molecule has 0 unspecified atom stereocenters. The van der Waals surface area contributed by atoms with Gasteiger partial charge in [0.25, 0.3) is 11.8 Å². The number of fused-ring (bicyclic) bond motifs is 1. The molecule has 2 N–H and O–H groups in total. The van der Waals surface area contributed by atoms with E-state index in [1.54, 1.807) is 25.3 Å². The highest BCUT2D eigenvalue weighted by atomic mass is 16.5. The summed E-state index contributed by atoms with van der Waals surface area (Å²) in [6.07, 6.45) is 0.711. The second-order valence-electron chi connectivity index (χ2n) is 4.42. The van der Waals surface area contributed by atoms with E-state index in [4.69, 9.17) is 9.47 Å². The van der Waals surface area contributed by atoms with Crippen molar-refractivity contribution in [1.29, 1.82) is 0 Å². The van der Waals surface area contributed by atoms with Gasteiger partial charge in [-0.25, -0.2) is 0 Å². The minimum Gasteiger partial charge on any atom is -0.483 e. The molecule has 2 amide bonds. The number of amides is 2. The Hall–Kier alpha value is -2.08. The molecule has 0 aliphatic carbocycles. The van der Waals surface area contributed by atoms with Crippen LogP contribution in [0.3, 0.4) is 0 Å². The van der Waals surface area contributed by atoms with E-state index in [0.29, 0.717) is 37.4 Å². The van der Waals surface area contributed by atoms with Gasteiger partial charge in [0.2, 0.25) is 0 Å². The smallest absolute Gasteiger partial charge is 0.258 e. The number of nitrogens with one attached hydrogen (secondary N) is 2. The van der Waals surface area contributed by atoms with Gasteiger partial charge >= 0.3 is 0 Å². The van der Waals surface area contributed by atoms with Gasteiger partial charge in [-0.1, -0.05) is 6.07 Å². The van der Waals surface area contributed by atoms with Crippen LogP contribution in [-0.4, -0.2) is 45.2 Å². The summed E-state index contributed by atoms with van der Waals surface area (Å²) in [5, 5.41) is 5.45. The minimum atomic E-state index is -0.208. The third-order valence-corrected chi connectivity index (χ3v) is 3.03. The molecule has 6 nitrogen and oxygen atoms in total. The standard InChI is InChI=1S/C14H18N2O4/c1-19-8-7-15-13(17)9-20-12-4-2-3-11-10(12)5-6-16-14(11)18/h2-4H,5-9H2,1H3,(H,15,17)(H,16,18). The van der Waals surface area contributed by atoms with Crippen molar-refractivity contribution >= 4 is 11.8 Å². The van der Waals surface area contributed by atoms with Gasteiger partial charge in [-0.2, -0.15) is 0 Å². The van der Waals surface area contributed by atoms with Crippen molar-refractivity contribution < 1.29 is 19.1 Å². The first-order chi connectivity index (χ1) is 9.72. The van der Waals surface area contributed by atoms with E-state index in [1.165, 1.54) is 0 Å². The summed E-state index contributed by atoms with van der Waals surface area (Å²) in [6.45, 7) is 1.44. The molecule has 1 aromatic rings. The molecule has 2 rings (SSSR count).